The number of benzene rings is 3. The van der Waals surface area contributed by atoms with E-state index in [1.165, 1.54) is 7.11 Å². The SMILES string of the molecule is COc1cc(-c2c(Cl)cc(C(=O)N3CCN(C(=O)O)C[C@H]3C(F)F)c(N)c2F)c2ccccc2c1. The molecule has 0 bridgehead atoms. The number of alkyl halides is 2. The highest BCUT2D eigenvalue weighted by molar-refractivity contribution is 6.34. The molecule has 1 fully saturated rings. The topological polar surface area (TPSA) is 96.1 Å². The molecule has 184 valence electrons. The van der Waals surface area contributed by atoms with Crippen molar-refractivity contribution in [1.29, 1.82) is 0 Å². The Morgan fingerprint density at radius 1 is 1.20 bits per heavy atom. The van der Waals surface area contributed by atoms with Crippen LogP contribution in [0.2, 0.25) is 5.02 Å². The lowest BCUT2D eigenvalue weighted by molar-refractivity contribution is -0.0120. The van der Waals surface area contributed by atoms with E-state index in [1.54, 1.807) is 24.3 Å². The fourth-order valence-electron chi connectivity index (χ4n) is 4.27. The highest BCUT2D eigenvalue weighted by atomic mass is 35.5. The summed E-state index contributed by atoms with van der Waals surface area (Å²) in [5, 5.41) is 10.4. The molecule has 0 aliphatic carbocycles. The number of nitrogens with zero attached hydrogens (tertiary/aromatic N) is 2. The van der Waals surface area contributed by atoms with E-state index in [2.05, 4.69) is 0 Å². The van der Waals surface area contributed by atoms with Crippen molar-refractivity contribution in [3.8, 4) is 16.9 Å². The molecule has 1 heterocycles. The summed E-state index contributed by atoms with van der Waals surface area (Å²) in [4.78, 5) is 26.0. The predicted molar refractivity (Wildman–Crippen MR) is 126 cm³/mol. The second-order valence-corrected chi connectivity index (χ2v) is 8.44. The number of hydrogen-bond acceptors (Lipinski definition) is 4. The highest BCUT2D eigenvalue weighted by Gasteiger charge is 2.39. The predicted octanol–water partition coefficient (Wildman–Crippen LogP) is 4.96. The molecule has 1 atom stereocenters. The Kier molecular flexibility index (Phi) is 6.66. The maximum atomic E-state index is 15.7. The Balaban J connectivity index is 1.79. The van der Waals surface area contributed by atoms with Gasteiger partial charge in [-0.3, -0.25) is 4.79 Å². The van der Waals surface area contributed by atoms with E-state index >= 15 is 4.39 Å². The average Bonchev–Trinajstić information content (AvgIpc) is 2.85. The first-order chi connectivity index (χ1) is 16.6. The number of piperazine rings is 1. The van der Waals surface area contributed by atoms with E-state index < -0.39 is 42.5 Å². The number of anilines is 1. The Labute approximate surface area is 203 Å². The summed E-state index contributed by atoms with van der Waals surface area (Å²) < 4.78 is 48.4. The maximum absolute atomic E-state index is 15.7. The smallest absolute Gasteiger partial charge is 0.407 e. The third kappa shape index (κ3) is 4.41. The van der Waals surface area contributed by atoms with Crippen LogP contribution in [0.5, 0.6) is 5.75 Å². The summed E-state index contributed by atoms with van der Waals surface area (Å²) in [6.45, 7) is -1.06. The molecule has 0 saturated carbocycles. The summed E-state index contributed by atoms with van der Waals surface area (Å²) in [5.41, 5.74) is 5.41. The number of halogens is 4. The quantitative estimate of drug-likeness (QED) is 0.487. The number of nitrogen functional groups attached to an aromatic ring is 1. The van der Waals surface area contributed by atoms with Crippen LogP contribution in [0.1, 0.15) is 10.4 Å². The van der Waals surface area contributed by atoms with Crippen LogP contribution >= 0.6 is 11.6 Å². The number of ether oxygens (including phenoxy) is 1. The van der Waals surface area contributed by atoms with Gasteiger partial charge in [-0.05, 0) is 34.5 Å². The van der Waals surface area contributed by atoms with Gasteiger partial charge in [0.1, 0.15) is 11.8 Å². The standard InChI is InChI=1S/C24H21ClF3N3O4/c1-35-13-8-12-4-2-3-5-14(12)15(9-13)19-17(25)10-16(21(29)20(19)26)23(32)31-7-6-30(24(33)34)11-18(31)22(27)28/h2-5,8-10,18,22H,6-7,11,29H2,1H3,(H,33,34)/t18-/m0/s1. The number of carboxylic acid groups (broad SMARTS) is 1. The third-order valence-corrected chi connectivity index (χ3v) is 6.37. The summed E-state index contributed by atoms with van der Waals surface area (Å²) in [7, 11) is 1.46. The van der Waals surface area contributed by atoms with Crippen molar-refractivity contribution < 1.29 is 32.6 Å². The van der Waals surface area contributed by atoms with Gasteiger partial charge in [-0.1, -0.05) is 35.9 Å². The van der Waals surface area contributed by atoms with Crippen LogP contribution < -0.4 is 10.5 Å². The van der Waals surface area contributed by atoms with Gasteiger partial charge in [0.15, 0.2) is 5.82 Å². The minimum atomic E-state index is -3.02. The molecule has 35 heavy (non-hydrogen) atoms. The molecule has 11 heteroatoms. The number of carbonyl (C=O) groups is 2. The van der Waals surface area contributed by atoms with Gasteiger partial charge >= 0.3 is 6.09 Å². The van der Waals surface area contributed by atoms with Crippen molar-refractivity contribution in [3.63, 3.8) is 0 Å². The van der Waals surface area contributed by atoms with E-state index in [1.807, 2.05) is 12.1 Å². The summed E-state index contributed by atoms with van der Waals surface area (Å²) in [6, 6.07) is 9.96. The van der Waals surface area contributed by atoms with Crippen LogP contribution in [0.4, 0.5) is 23.7 Å². The second-order valence-electron chi connectivity index (χ2n) is 8.03. The van der Waals surface area contributed by atoms with E-state index in [4.69, 9.17) is 27.2 Å². The van der Waals surface area contributed by atoms with Crippen LogP contribution in [-0.4, -0.2) is 66.1 Å². The lowest BCUT2D eigenvalue weighted by Gasteiger charge is -2.40. The van der Waals surface area contributed by atoms with Crippen molar-refractivity contribution >= 4 is 40.1 Å². The van der Waals surface area contributed by atoms with Crippen molar-refractivity contribution in [3.05, 3.63) is 58.9 Å². The molecule has 0 aromatic heterocycles. The number of methoxy groups -OCH3 is 1. The largest absolute Gasteiger partial charge is 0.497 e. The molecule has 1 aliphatic heterocycles. The number of carbonyl (C=O) groups excluding carboxylic acids is 1. The lowest BCUT2D eigenvalue weighted by atomic mass is 9.95. The average molecular weight is 508 g/mol. The van der Waals surface area contributed by atoms with Gasteiger partial charge in [-0.2, -0.15) is 0 Å². The van der Waals surface area contributed by atoms with Gasteiger partial charge in [0.05, 0.1) is 29.9 Å². The Morgan fingerprint density at radius 3 is 2.57 bits per heavy atom. The van der Waals surface area contributed by atoms with Gasteiger partial charge in [0.2, 0.25) is 0 Å². The van der Waals surface area contributed by atoms with E-state index in [9.17, 15) is 18.4 Å². The first-order valence-electron chi connectivity index (χ1n) is 10.6. The molecular weight excluding hydrogens is 487 g/mol. The normalized spacial score (nSPS) is 16.1. The summed E-state index contributed by atoms with van der Waals surface area (Å²) in [5.74, 6) is -1.48. The molecule has 1 aliphatic rings. The van der Waals surface area contributed by atoms with Crippen LogP contribution in [0.25, 0.3) is 21.9 Å². The second kappa shape index (κ2) is 9.53. The number of hydrogen-bond donors (Lipinski definition) is 2. The van der Waals surface area contributed by atoms with E-state index in [-0.39, 0.29) is 29.2 Å². The first-order valence-corrected chi connectivity index (χ1v) is 10.9. The minimum absolute atomic E-state index is 0.0584. The molecule has 7 nitrogen and oxygen atoms in total. The molecule has 3 aromatic rings. The molecule has 0 unspecified atom stereocenters. The van der Waals surface area contributed by atoms with Crippen LogP contribution in [0.15, 0.2) is 42.5 Å². The Bertz CT molecular complexity index is 1320. The highest BCUT2D eigenvalue weighted by Crippen LogP contribution is 2.41. The molecule has 4 rings (SSSR count). The monoisotopic (exact) mass is 507 g/mol. The van der Waals surface area contributed by atoms with Crippen LogP contribution in [0, 0.1) is 5.82 Å². The fraction of sp³-hybridized carbons (Fsp3) is 0.250. The summed E-state index contributed by atoms with van der Waals surface area (Å²) in [6.07, 6.45) is -4.39. The molecule has 0 spiro atoms. The first kappa shape index (κ1) is 24.5. The Morgan fingerprint density at radius 2 is 1.91 bits per heavy atom. The molecular formula is C24H21ClF3N3O4. The molecule has 3 aromatic carbocycles. The lowest BCUT2D eigenvalue weighted by Crippen LogP contribution is -2.59. The van der Waals surface area contributed by atoms with Gasteiger partial charge < -0.3 is 25.4 Å². The van der Waals surface area contributed by atoms with E-state index in [0.29, 0.717) is 16.7 Å². The van der Waals surface area contributed by atoms with Crippen molar-refractivity contribution in [1.82, 2.24) is 9.80 Å². The van der Waals surface area contributed by atoms with Crippen LogP contribution in [0.3, 0.4) is 0 Å². The Hall–Kier alpha value is -3.66. The summed E-state index contributed by atoms with van der Waals surface area (Å²) >= 11 is 6.44. The molecule has 0 radical (unpaired) electrons. The van der Waals surface area contributed by atoms with E-state index in [0.717, 1.165) is 21.3 Å². The number of nitrogens with two attached hydrogens (primary N) is 1. The molecule has 3 N–H and O–H groups in total. The molecule has 2 amide bonds. The maximum Gasteiger partial charge on any atom is 0.407 e. The fourth-order valence-corrected chi connectivity index (χ4v) is 4.57. The van der Waals surface area contributed by atoms with Gasteiger partial charge in [-0.15, -0.1) is 0 Å². The third-order valence-electron chi connectivity index (χ3n) is 6.07. The zero-order valence-corrected chi connectivity index (χ0v) is 19.2. The minimum Gasteiger partial charge on any atom is -0.497 e. The van der Waals surface area contributed by atoms with Crippen molar-refractivity contribution in [2.24, 2.45) is 0 Å². The van der Waals surface area contributed by atoms with Crippen molar-refractivity contribution in [2.75, 3.05) is 32.5 Å². The number of amides is 2. The van der Waals surface area contributed by atoms with Crippen LogP contribution in [-0.2, 0) is 0 Å². The van der Waals surface area contributed by atoms with Crippen molar-refractivity contribution in [2.45, 2.75) is 12.5 Å². The zero-order chi connectivity index (χ0) is 25.4. The number of fused-ring (bicyclic) bond motifs is 1. The zero-order valence-electron chi connectivity index (χ0n) is 18.5. The number of rotatable bonds is 4. The van der Waals surface area contributed by atoms with Gasteiger partial charge in [0.25, 0.3) is 12.3 Å². The molecule has 1 saturated heterocycles. The van der Waals surface area contributed by atoms with Gasteiger partial charge in [0, 0.05) is 18.7 Å². The van der Waals surface area contributed by atoms with Gasteiger partial charge in [-0.25, -0.2) is 18.0 Å².